The number of hydrogen-bond acceptors (Lipinski definition) is 2. The lowest BCUT2D eigenvalue weighted by molar-refractivity contribution is 0.0657. The fourth-order valence-electron chi connectivity index (χ4n) is 4.36. The standard InChI is InChI=1S/C23H22FN3O/c1-15-19(14-25-27(15)22-9-5-4-8-20(22)24)23(28)26(17-11-12-17)21-13-10-16-6-2-3-7-18(16)21/h2-9,14,17,21H,10-13H2,1H3. The zero-order chi connectivity index (χ0) is 19.3. The first-order chi connectivity index (χ1) is 13.6. The molecule has 2 aromatic carbocycles. The topological polar surface area (TPSA) is 38.1 Å². The van der Waals surface area contributed by atoms with E-state index in [-0.39, 0.29) is 17.8 Å². The van der Waals surface area contributed by atoms with Crippen molar-refractivity contribution in [1.82, 2.24) is 14.7 Å². The molecule has 2 aliphatic carbocycles. The van der Waals surface area contributed by atoms with Crippen LogP contribution in [0, 0.1) is 12.7 Å². The maximum absolute atomic E-state index is 14.2. The Morgan fingerprint density at radius 2 is 1.86 bits per heavy atom. The van der Waals surface area contributed by atoms with Crippen molar-refractivity contribution in [2.75, 3.05) is 0 Å². The van der Waals surface area contributed by atoms with Crippen LogP contribution < -0.4 is 0 Å². The molecule has 0 radical (unpaired) electrons. The molecule has 1 aromatic heterocycles. The number of hydrogen-bond donors (Lipinski definition) is 0. The van der Waals surface area contributed by atoms with Gasteiger partial charge in [-0.1, -0.05) is 36.4 Å². The van der Waals surface area contributed by atoms with Gasteiger partial charge in [-0.05, 0) is 55.9 Å². The van der Waals surface area contributed by atoms with Crippen molar-refractivity contribution in [1.29, 1.82) is 0 Å². The molecular formula is C23H22FN3O. The van der Waals surface area contributed by atoms with Gasteiger partial charge < -0.3 is 4.90 Å². The molecule has 5 heteroatoms. The predicted molar refractivity (Wildman–Crippen MR) is 105 cm³/mol. The molecule has 4 nitrogen and oxygen atoms in total. The van der Waals surface area contributed by atoms with E-state index in [1.165, 1.54) is 21.9 Å². The molecule has 1 heterocycles. The molecule has 5 rings (SSSR count). The van der Waals surface area contributed by atoms with Crippen LogP contribution in [0.2, 0.25) is 0 Å². The second kappa shape index (κ2) is 6.59. The number of amides is 1. The highest BCUT2D eigenvalue weighted by atomic mass is 19.1. The fraction of sp³-hybridized carbons (Fsp3) is 0.304. The minimum Gasteiger partial charge on any atom is -0.328 e. The molecule has 142 valence electrons. The highest BCUT2D eigenvalue weighted by molar-refractivity contribution is 5.96. The summed E-state index contributed by atoms with van der Waals surface area (Å²) in [7, 11) is 0. The summed E-state index contributed by atoms with van der Waals surface area (Å²) >= 11 is 0. The maximum Gasteiger partial charge on any atom is 0.258 e. The molecule has 1 atom stereocenters. The largest absolute Gasteiger partial charge is 0.328 e. The second-order valence-corrected chi connectivity index (χ2v) is 7.70. The average Bonchev–Trinajstić information content (AvgIpc) is 3.34. The lowest BCUT2D eigenvalue weighted by atomic mass is 10.1. The molecule has 1 unspecified atom stereocenters. The first-order valence-electron chi connectivity index (χ1n) is 9.85. The van der Waals surface area contributed by atoms with Crippen molar-refractivity contribution in [2.24, 2.45) is 0 Å². The summed E-state index contributed by atoms with van der Waals surface area (Å²) in [5, 5.41) is 4.33. The third kappa shape index (κ3) is 2.73. The van der Waals surface area contributed by atoms with Crippen LogP contribution in [0.15, 0.2) is 54.7 Å². The third-order valence-corrected chi connectivity index (χ3v) is 5.93. The van der Waals surface area contributed by atoms with E-state index < -0.39 is 0 Å². The number of aromatic nitrogens is 2. The average molecular weight is 375 g/mol. The van der Waals surface area contributed by atoms with E-state index >= 15 is 0 Å². The van der Waals surface area contributed by atoms with Crippen LogP contribution in [0.5, 0.6) is 0 Å². The van der Waals surface area contributed by atoms with Crippen LogP contribution in [-0.4, -0.2) is 26.6 Å². The van der Waals surface area contributed by atoms with Crippen molar-refractivity contribution in [3.05, 3.63) is 82.9 Å². The van der Waals surface area contributed by atoms with Crippen LogP contribution in [-0.2, 0) is 6.42 Å². The lowest BCUT2D eigenvalue weighted by Crippen LogP contribution is -2.36. The van der Waals surface area contributed by atoms with Gasteiger partial charge in [-0.25, -0.2) is 9.07 Å². The molecule has 1 fully saturated rings. The molecule has 2 aliphatic rings. The highest BCUT2D eigenvalue weighted by Gasteiger charge is 2.41. The normalized spacial score (nSPS) is 18.1. The molecule has 28 heavy (non-hydrogen) atoms. The summed E-state index contributed by atoms with van der Waals surface area (Å²) < 4.78 is 15.7. The van der Waals surface area contributed by atoms with Gasteiger partial charge in [-0.3, -0.25) is 4.79 Å². The van der Waals surface area contributed by atoms with Gasteiger partial charge in [0.05, 0.1) is 23.5 Å². The van der Waals surface area contributed by atoms with Gasteiger partial charge in [0, 0.05) is 6.04 Å². The number of rotatable bonds is 4. The van der Waals surface area contributed by atoms with E-state index in [0.29, 0.717) is 23.0 Å². The SMILES string of the molecule is Cc1c(C(=O)N(C2CC2)C2CCc3ccccc32)cnn1-c1ccccc1F. The van der Waals surface area contributed by atoms with E-state index in [9.17, 15) is 9.18 Å². The van der Waals surface area contributed by atoms with Crippen LogP contribution in [0.1, 0.15) is 52.5 Å². The Morgan fingerprint density at radius 1 is 1.11 bits per heavy atom. The van der Waals surface area contributed by atoms with Crippen LogP contribution in [0.3, 0.4) is 0 Å². The van der Waals surface area contributed by atoms with Crippen molar-refractivity contribution in [2.45, 2.75) is 44.7 Å². The molecular weight excluding hydrogens is 353 g/mol. The Labute approximate surface area is 163 Å². The summed E-state index contributed by atoms with van der Waals surface area (Å²) in [6.45, 7) is 1.83. The molecule has 0 saturated heterocycles. The zero-order valence-electron chi connectivity index (χ0n) is 15.8. The number of nitrogens with zero attached hydrogens (tertiary/aromatic N) is 3. The summed E-state index contributed by atoms with van der Waals surface area (Å²) in [4.78, 5) is 15.6. The van der Waals surface area contributed by atoms with Gasteiger partial charge in [0.25, 0.3) is 5.91 Å². The fourth-order valence-corrected chi connectivity index (χ4v) is 4.36. The van der Waals surface area contributed by atoms with Crippen LogP contribution in [0.4, 0.5) is 4.39 Å². The quantitative estimate of drug-likeness (QED) is 0.668. The number of halogens is 1. The van der Waals surface area contributed by atoms with E-state index in [2.05, 4.69) is 28.2 Å². The number of carbonyl (C=O) groups is 1. The van der Waals surface area contributed by atoms with E-state index in [0.717, 1.165) is 25.7 Å². The summed E-state index contributed by atoms with van der Waals surface area (Å²) in [5.41, 5.74) is 4.20. The number of fused-ring (bicyclic) bond motifs is 1. The van der Waals surface area contributed by atoms with Crippen molar-refractivity contribution in [3.63, 3.8) is 0 Å². The molecule has 0 spiro atoms. The Morgan fingerprint density at radius 3 is 2.64 bits per heavy atom. The smallest absolute Gasteiger partial charge is 0.258 e. The van der Waals surface area contributed by atoms with E-state index in [1.54, 1.807) is 24.4 Å². The molecule has 1 amide bonds. The number of benzene rings is 2. The zero-order valence-corrected chi connectivity index (χ0v) is 15.8. The summed E-state index contributed by atoms with van der Waals surface area (Å²) in [6.07, 6.45) is 5.64. The number of aryl methyl sites for hydroxylation is 1. The van der Waals surface area contributed by atoms with Crippen molar-refractivity contribution >= 4 is 5.91 Å². The molecule has 0 bridgehead atoms. The Balaban J connectivity index is 1.51. The first-order valence-corrected chi connectivity index (χ1v) is 9.85. The second-order valence-electron chi connectivity index (χ2n) is 7.70. The monoisotopic (exact) mass is 375 g/mol. The van der Waals surface area contributed by atoms with E-state index in [4.69, 9.17) is 0 Å². The predicted octanol–water partition coefficient (Wildman–Crippen LogP) is 4.61. The van der Waals surface area contributed by atoms with Crippen LogP contribution in [0.25, 0.3) is 5.69 Å². The van der Waals surface area contributed by atoms with Gasteiger partial charge in [-0.2, -0.15) is 5.10 Å². The van der Waals surface area contributed by atoms with Crippen molar-refractivity contribution < 1.29 is 9.18 Å². The van der Waals surface area contributed by atoms with Gasteiger partial charge in [0.15, 0.2) is 0 Å². The minimum absolute atomic E-state index is 0.00397. The first kappa shape index (κ1) is 17.2. The Bertz CT molecular complexity index is 1050. The summed E-state index contributed by atoms with van der Waals surface area (Å²) in [5.74, 6) is -0.347. The van der Waals surface area contributed by atoms with Gasteiger partial charge in [-0.15, -0.1) is 0 Å². The number of para-hydroxylation sites is 1. The maximum atomic E-state index is 14.2. The van der Waals surface area contributed by atoms with Gasteiger partial charge >= 0.3 is 0 Å². The molecule has 3 aromatic rings. The highest BCUT2D eigenvalue weighted by Crippen LogP contribution is 2.42. The third-order valence-electron chi connectivity index (χ3n) is 5.93. The lowest BCUT2D eigenvalue weighted by Gasteiger charge is -2.30. The Kier molecular flexibility index (Phi) is 4.04. The van der Waals surface area contributed by atoms with Crippen LogP contribution >= 0.6 is 0 Å². The Hall–Kier alpha value is -2.95. The van der Waals surface area contributed by atoms with Gasteiger partial charge in [0.1, 0.15) is 11.5 Å². The summed E-state index contributed by atoms with van der Waals surface area (Å²) in [6, 6.07) is 15.3. The van der Waals surface area contributed by atoms with E-state index in [1.807, 2.05) is 13.0 Å². The number of carbonyl (C=O) groups excluding carboxylic acids is 1. The van der Waals surface area contributed by atoms with Gasteiger partial charge in [0.2, 0.25) is 0 Å². The van der Waals surface area contributed by atoms with Crippen molar-refractivity contribution in [3.8, 4) is 5.69 Å². The minimum atomic E-state index is -0.350. The molecule has 0 N–H and O–H groups in total. The molecule has 0 aliphatic heterocycles. The molecule has 1 saturated carbocycles.